The van der Waals surface area contributed by atoms with Crippen molar-refractivity contribution in [2.45, 2.75) is 6.54 Å². The van der Waals surface area contributed by atoms with E-state index in [2.05, 4.69) is 9.97 Å². The Morgan fingerprint density at radius 1 is 1.29 bits per heavy atom. The lowest BCUT2D eigenvalue weighted by Gasteiger charge is -2.04. The van der Waals surface area contributed by atoms with Crippen LogP contribution in [0.1, 0.15) is 5.69 Å². The van der Waals surface area contributed by atoms with E-state index in [9.17, 15) is 0 Å². The Bertz CT molecular complexity index is 478. The van der Waals surface area contributed by atoms with Crippen LogP contribution >= 0.6 is 11.6 Å². The SMILES string of the molecule is NCc1nc(N)nc2cc(Cl)ccc12. The predicted octanol–water partition coefficient (Wildman–Crippen LogP) is 1.32. The summed E-state index contributed by atoms with van der Waals surface area (Å²) in [4.78, 5) is 8.12. The number of rotatable bonds is 1. The molecule has 0 atom stereocenters. The Kier molecular flexibility index (Phi) is 2.23. The van der Waals surface area contributed by atoms with E-state index >= 15 is 0 Å². The lowest BCUT2D eigenvalue weighted by atomic mass is 10.2. The van der Waals surface area contributed by atoms with Gasteiger partial charge in [-0.1, -0.05) is 11.6 Å². The van der Waals surface area contributed by atoms with E-state index in [-0.39, 0.29) is 5.95 Å². The van der Waals surface area contributed by atoms with Crippen molar-refractivity contribution in [1.29, 1.82) is 0 Å². The summed E-state index contributed by atoms with van der Waals surface area (Å²) in [5, 5.41) is 1.52. The molecule has 0 aliphatic rings. The van der Waals surface area contributed by atoms with E-state index in [4.69, 9.17) is 23.1 Å². The minimum atomic E-state index is 0.222. The van der Waals surface area contributed by atoms with Gasteiger partial charge in [-0.3, -0.25) is 0 Å². The quantitative estimate of drug-likeness (QED) is 0.741. The number of hydrogen-bond acceptors (Lipinski definition) is 4. The molecule has 4 N–H and O–H groups in total. The maximum absolute atomic E-state index is 5.83. The number of anilines is 1. The molecule has 1 aromatic heterocycles. The first-order chi connectivity index (χ1) is 6.70. The lowest BCUT2D eigenvalue weighted by molar-refractivity contribution is 0.998. The molecule has 0 spiro atoms. The summed E-state index contributed by atoms with van der Waals surface area (Å²) in [6.07, 6.45) is 0. The molecule has 0 aliphatic heterocycles. The van der Waals surface area contributed by atoms with Crippen LogP contribution in [-0.4, -0.2) is 9.97 Å². The topological polar surface area (TPSA) is 77.8 Å². The van der Waals surface area contributed by atoms with Crippen LogP contribution < -0.4 is 11.5 Å². The van der Waals surface area contributed by atoms with E-state index in [1.165, 1.54) is 0 Å². The number of nitrogens with zero attached hydrogens (tertiary/aromatic N) is 2. The largest absolute Gasteiger partial charge is 0.368 e. The standard InChI is InChI=1S/C9H9ClN4/c10-5-1-2-6-7(3-5)13-9(12)14-8(6)4-11/h1-3H,4,11H2,(H2,12,13,14). The van der Waals surface area contributed by atoms with E-state index in [1.807, 2.05) is 6.07 Å². The number of halogens is 1. The van der Waals surface area contributed by atoms with Gasteiger partial charge in [0.15, 0.2) is 0 Å². The van der Waals surface area contributed by atoms with Crippen LogP contribution in [0.25, 0.3) is 10.9 Å². The zero-order valence-electron chi connectivity index (χ0n) is 7.37. The molecule has 0 fully saturated rings. The summed E-state index contributed by atoms with van der Waals surface area (Å²) in [6, 6.07) is 5.37. The summed E-state index contributed by atoms with van der Waals surface area (Å²) in [6.45, 7) is 0.338. The molecule has 0 unspecified atom stereocenters. The van der Waals surface area contributed by atoms with Crippen molar-refractivity contribution in [3.63, 3.8) is 0 Å². The first-order valence-corrected chi connectivity index (χ1v) is 4.50. The highest BCUT2D eigenvalue weighted by molar-refractivity contribution is 6.31. The highest BCUT2D eigenvalue weighted by Gasteiger charge is 2.04. The Hall–Kier alpha value is -1.39. The van der Waals surface area contributed by atoms with Gasteiger partial charge in [0, 0.05) is 17.0 Å². The average molecular weight is 209 g/mol. The summed E-state index contributed by atoms with van der Waals surface area (Å²) >= 11 is 5.83. The molecule has 1 heterocycles. The molecule has 0 aliphatic carbocycles. The van der Waals surface area contributed by atoms with Crippen LogP contribution in [0.3, 0.4) is 0 Å². The van der Waals surface area contributed by atoms with Crippen LogP contribution in [0.2, 0.25) is 5.02 Å². The van der Waals surface area contributed by atoms with E-state index in [0.717, 1.165) is 16.6 Å². The first kappa shape index (κ1) is 9.18. The molecule has 0 radical (unpaired) electrons. The van der Waals surface area contributed by atoms with Crippen molar-refractivity contribution in [1.82, 2.24) is 9.97 Å². The molecule has 0 saturated carbocycles. The Morgan fingerprint density at radius 2 is 2.07 bits per heavy atom. The van der Waals surface area contributed by atoms with Crippen molar-refractivity contribution in [3.8, 4) is 0 Å². The lowest BCUT2D eigenvalue weighted by Crippen LogP contribution is -2.05. The minimum Gasteiger partial charge on any atom is -0.368 e. The van der Waals surface area contributed by atoms with Gasteiger partial charge < -0.3 is 11.5 Å². The van der Waals surface area contributed by atoms with Gasteiger partial charge >= 0.3 is 0 Å². The third-order valence-corrected chi connectivity index (χ3v) is 2.18. The fraction of sp³-hybridized carbons (Fsp3) is 0.111. The molecule has 1 aromatic carbocycles. The van der Waals surface area contributed by atoms with Gasteiger partial charge in [0.25, 0.3) is 0 Å². The van der Waals surface area contributed by atoms with E-state index < -0.39 is 0 Å². The number of nitrogens with two attached hydrogens (primary N) is 2. The van der Waals surface area contributed by atoms with Crippen LogP contribution in [0.15, 0.2) is 18.2 Å². The third-order valence-electron chi connectivity index (χ3n) is 1.95. The van der Waals surface area contributed by atoms with Crippen molar-refractivity contribution in [2.75, 3.05) is 5.73 Å². The van der Waals surface area contributed by atoms with Crippen LogP contribution in [0.4, 0.5) is 5.95 Å². The summed E-state index contributed by atoms with van der Waals surface area (Å²) in [5.74, 6) is 0.222. The van der Waals surface area contributed by atoms with Crippen LogP contribution in [0, 0.1) is 0 Å². The second-order valence-corrected chi connectivity index (χ2v) is 3.33. The number of hydrogen-bond donors (Lipinski definition) is 2. The van der Waals surface area contributed by atoms with Crippen molar-refractivity contribution < 1.29 is 0 Å². The molecule has 14 heavy (non-hydrogen) atoms. The van der Waals surface area contributed by atoms with Crippen LogP contribution in [0.5, 0.6) is 0 Å². The number of aromatic nitrogens is 2. The fourth-order valence-electron chi connectivity index (χ4n) is 1.34. The van der Waals surface area contributed by atoms with E-state index in [0.29, 0.717) is 11.6 Å². The van der Waals surface area contributed by atoms with Gasteiger partial charge in [-0.05, 0) is 18.2 Å². The van der Waals surface area contributed by atoms with Crippen LogP contribution in [-0.2, 0) is 6.54 Å². The molecule has 0 saturated heterocycles. The Balaban J connectivity index is 2.81. The molecular formula is C9H9ClN4. The van der Waals surface area contributed by atoms with Gasteiger partial charge in [0.2, 0.25) is 5.95 Å². The molecule has 0 bridgehead atoms. The third kappa shape index (κ3) is 1.49. The second-order valence-electron chi connectivity index (χ2n) is 2.89. The Morgan fingerprint density at radius 3 is 2.79 bits per heavy atom. The monoisotopic (exact) mass is 208 g/mol. The maximum Gasteiger partial charge on any atom is 0.220 e. The van der Waals surface area contributed by atoms with Gasteiger partial charge in [0.1, 0.15) is 0 Å². The Labute approximate surface area is 85.9 Å². The summed E-state index contributed by atoms with van der Waals surface area (Å²) in [5.41, 5.74) is 12.5. The fourth-order valence-corrected chi connectivity index (χ4v) is 1.51. The van der Waals surface area contributed by atoms with Gasteiger partial charge in [-0.15, -0.1) is 0 Å². The number of nitrogen functional groups attached to an aromatic ring is 1. The molecule has 4 nitrogen and oxygen atoms in total. The van der Waals surface area contributed by atoms with Gasteiger partial charge in [-0.25, -0.2) is 9.97 Å². The van der Waals surface area contributed by atoms with Gasteiger partial charge in [0.05, 0.1) is 11.2 Å². The zero-order chi connectivity index (χ0) is 10.1. The average Bonchev–Trinajstić information content (AvgIpc) is 2.15. The predicted molar refractivity (Wildman–Crippen MR) is 56.9 cm³/mol. The number of benzene rings is 1. The molecule has 2 aromatic rings. The normalized spacial score (nSPS) is 10.7. The smallest absolute Gasteiger partial charge is 0.220 e. The molecule has 72 valence electrons. The number of fused-ring (bicyclic) bond motifs is 1. The second kappa shape index (κ2) is 3.40. The first-order valence-electron chi connectivity index (χ1n) is 4.12. The molecular weight excluding hydrogens is 200 g/mol. The highest BCUT2D eigenvalue weighted by Crippen LogP contribution is 2.20. The molecule has 5 heteroatoms. The maximum atomic E-state index is 5.83. The van der Waals surface area contributed by atoms with Crippen molar-refractivity contribution in [2.24, 2.45) is 5.73 Å². The molecule has 0 amide bonds. The zero-order valence-corrected chi connectivity index (χ0v) is 8.12. The highest BCUT2D eigenvalue weighted by atomic mass is 35.5. The van der Waals surface area contributed by atoms with E-state index in [1.54, 1.807) is 12.1 Å². The van der Waals surface area contributed by atoms with Crippen molar-refractivity contribution >= 4 is 28.5 Å². The molecule has 2 rings (SSSR count). The minimum absolute atomic E-state index is 0.222. The summed E-state index contributed by atoms with van der Waals surface area (Å²) < 4.78 is 0. The van der Waals surface area contributed by atoms with Crippen molar-refractivity contribution in [3.05, 3.63) is 28.9 Å². The summed E-state index contributed by atoms with van der Waals surface area (Å²) in [7, 11) is 0. The van der Waals surface area contributed by atoms with Gasteiger partial charge in [-0.2, -0.15) is 0 Å².